The SMILES string of the molecule is Cc1cccc(NC(=O)CCCCc2nc3ccccc3s2)n1. The molecule has 3 rings (SSSR count). The van der Waals surface area contributed by atoms with E-state index in [1.807, 2.05) is 43.3 Å². The van der Waals surface area contributed by atoms with Gasteiger partial charge in [0.2, 0.25) is 5.91 Å². The van der Waals surface area contributed by atoms with Crippen molar-refractivity contribution >= 4 is 33.3 Å². The minimum atomic E-state index is 0.0207. The van der Waals surface area contributed by atoms with Crippen molar-refractivity contribution in [1.29, 1.82) is 0 Å². The van der Waals surface area contributed by atoms with E-state index < -0.39 is 0 Å². The lowest BCUT2D eigenvalue weighted by atomic mass is 10.2. The number of nitrogens with one attached hydrogen (secondary N) is 1. The molecule has 0 saturated carbocycles. The standard InChI is InChI=1S/C18H19N3OS/c1-13-7-6-10-16(19-13)21-17(22)11-4-5-12-18-20-14-8-2-3-9-15(14)23-18/h2-3,6-10H,4-5,11-12H2,1H3,(H,19,21,22). The fourth-order valence-electron chi connectivity index (χ4n) is 2.41. The van der Waals surface area contributed by atoms with E-state index in [9.17, 15) is 4.79 Å². The van der Waals surface area contributed by atoms with Gasteiger partial charge in [0.05, 0.1) is 15.2 Å². The molecule has 0 aliphatic heterocycles. The molecule has 4 nitrogen and oxygen atoms in total. The molecule has 0 saturated heterocycles. The maximum atomic E-state index is 11.9. The quantitative estimate of drug-likeness (QED) is 0.685. The Morgan fingerprint density at radius 1 is 1.09 bits per heavy atom. The van der Waals surface area contributed by atoms with Crippen molar-refractivity contribution in [3.8, 4) is 0 Å². The molecule has 23 heavy (non-hydrogen) atoms. The Labute approximate surface area is 139 Å². The molecule has 0 aliphatic rings. The molecule has 0 atom stereocenters. The number of hydrogen-bond donors (Lipinski definition) is 1. The van der Waals surface area contributed by atoms with E-state index in [2.05, 4.69) is 21.4 Å². The molecule has 2 heterocycles. The summed E-state index contributed by atoms with van der Waals surface area (Å²) in [5.74, 6) is 0.647. The molecule has 3 aromatic rings. The number of rotatable bonds is 6. The van der Waals surface area contributed by atoms with Crippen LogP contribution >= 0.6 is 11.3 Å². The second-order valence-electron chi connectivity index (χ2n) is 5.49. The minimum absolute atomic E-state index is 0.0207. The maximum absolute atomic E-state index is 11.9. The number of pyridine rings is 1. The van der Waals surface area contributed by atoms with E-state index in [0.29, 0.717) is 12.2 Å². The zero-order chi connectivity index (χ0) is 16.1. The first kappa shape index (κ1) is 15.6. The number of aromatic nitrogens is 2. The monoisotopic (exact) mass is 325 g/mol. The van der Waals surface area contributed by atoms with Gasteiger partial charge >= 0.3 is 0 Å². The Morgan fingerprint density at radius 3 is 2.78 bits per heavy atom. The summed E-state index contributed by atoms with van der Waals surface area (Å²) in [6.45, 7) is 1.91. The van der Waals surface area contributed by atoms with Gasteiger partial charge in [-0.3, -0.25) is 4.79 Å². The molecule has 0 spiro atoms. The molecule has 1 aromatic carbocycles. The van der Waals surface area contributed by atoms with Gasteiger partial charge < -0.3 is 5.32 Å². The van der Waals surface area contributed by atoms with Crippen LogP contribution in [0, 0.1) is 6.92 Å². The molecule has 5 heteroatoms. The van der Waals surface area contributed by atoms with Gasteiger partial charge in [-0.25, -0.2) is 9.97 Å². The molecule has 0 unspecified atom stereocenters. The summed E-state index contributed by atoms with van der Waals surface area (Å²) >= 11 is 1.74. The fraction of sp³-hybridized carbons (Fsp3) is 0.278. The van der Waals surface area contributed by atoms with E-state index in [4.69, 9.17) is 0 Å². The van der Waals surface area contributed by atoms with E-state index in [0.717, 1.165) is 35.5 Å². The van der Waals surface area contributed by atoms with E-state index in [1.165, 1.54) is 4.70 Å². The van der Waals surface area contributed by atoms with Gasteiger partial charge in [0.15, 0.2) is 0 Å². The highest BCUT2D eigenvalue weighted by molar-refractivity contribution is 7.18. The first-order valence-electron chi connectivity index (χ1n) is 7.79. The Bertz CT molecular complexity index is 780. The molecule has 118 valence electrons. The van der Waals surface area contributed by atoms with Crippen molar-refractivity contribution in [2.24, 2.45) is 0 Å². The van der Waals surface area contributed by atoms with Crippen LogP contribution in [-0.4, -0.2) is 15.9 Å². The number of thiazole rings is 1. The lowest BCUT2D eigenvalue weighted by Gasteiger charge is -2.04. The predicted octanol–water partition coefficient (Wildman–Crippen LogP) is 4.35. The average Bonchev–Trinajstić information content (AvgIpc) is 2.94. The van der Waals surface area contributed by atoms with Crippen molar-refractivity contribution in [2.75, 3.05) is 5.32 Å². The Hall–Kier alpha value is -2.27. The van der Waals surface area contributed by atoms with Gasteiger partial charge in [-0.05, 0) is 50.5 Å². The summed E-state index contributed by atoms with van der Waals surface area (Å²) < 4.78 is 1.23. The lowest BCUT2D eigenvalue weighted by Crippen LogP contribution is -2.12. The summed E-state index contributed by atoms with van der Waals surface area (Å²) in [7, 11) is 0. The number of nitrogens with zero attached hydrogens (tertiary/aromatic N) is 2. The highest BCUT2D eigenvalue weighted by Crippen LogP contribution is 2.22. The average molecular weight is 325 g/mol. The van der Waals surface area contributed by atoms with Crippen LogP contribution in [0.2, 0.25) is 0 Å². The highest BCUT2D eigenvalue weighted by Gasteiger charge is 2.06. The fourth-order valence-corrected chi connectivity index (χ4v) is 3.42. The predicted molar refractivity (Wildman–Crippen MR) is 94.8 cm³/mol. The zero-order valence-electron chi connectivity index (χ0n) is 13.1. The second kappa shape index (κ2) is 7.33. The molecule has 0 radical (unpaired) electrons. The molecule has 0 aliphatic carbocycles. The second-order valence-corrected chi connectivity index (χ2v) is 6.61. The molecule has 0 bridgehead atoms. The molecular weight excluding hydrogens is 306 g/mol. The normalized spacial score (nSPS) is 10.8. The number of amides is 1. The summed E-state index contributed by atoms with van der Waals surface area (Å²) in [6, 6.07) is 13.8. The Kier molecular flexibility index (Phi) is 4.98. The summed E-state index contributed by atoms with van der Waals surface area (Å²) in [6.07, 6.45) is 3.26. The summed E-state index contributed by atoms with van der Waals surface area (Å²) in [5.41, 5.74) is 1.97. The molecule has 1 amide bonds. The van der Waals surface area contributed by atoms with Crippen LogP contribution in [0.25, 0.3) is 10.2 Å². The lowest BCUT2D eigenvalue weighted by molar-refractivity contribution is -0.116. The topological polar surface area (TPSA) is 54.9 Å². The molecule has 0 fully saturated rings. The van der Waals surface area contributed by atoms with Gasteiger partial charge in [0.25, 0.3) is 0 Å². The third kappa shape index (κ3) is 4.36. The molecule has 2 aromatic heterocycles. The first-order chi connectivity index (χ1) is 11.2. The van der Waals surface area contributed by atoms with E-state index >= 15 is 0 Å². The van der Waals surface area contributed by atoms with Gasteiger partial charge in [-0.1, -0.05) is 18.2 Å². The van der Waals surface area contributed by atoms with Crippen molar-refractivity contribution in [3.05, 3.63) is 53.2 Å². The maximum Gasteiger partial charge on any atom is 0.225 e. The minimum Gasteiger partial charge on any atom is -0.311 e. The van der Waals surface area contributed by atoms with Crippen LogP contribution in [0.3, 0.4) is 0 Å². The van der Waals surface area contributed by atoms with E-state index in [1.54, 1.807) is 11.3 Å². The van der Waals surface area contributed by atoms with Crippen molar-refractivity contribution in [1.82, 2.24) is 9.97 Å². The van der Waals surface area contributed by atoms with Gasteiger partial charge in [0, 0.05) is 12.1 Å². The van der Waals surface area contributed by atoms with Crippen LogP contribution in [0.5, 0.6) is 0 Å². The summed E-state index contributed by atoms with van der Waals surface area (Å²) in [4.78, 5) is 20.8. The van der Waals surface area contributed by atoms with Crippen LogP contribution in [-0.2, 0) is 11.2 Å². The first-order valence-corrected chi connectivity index (χ1v) is 8.60. The smallest absolute Gasteiger partial charge is 0.225 e. The van der Waals surface area contributed by atoms with Crippen molar-refractivity contribution < 1.29 is 4.79 Å². The molecular formula is C18H19N3OS. The number of carbonyl (C=O) groups is 1. The zero-order valence-corrected chi connectivity index (χ0v) is 13.9. The van der Waals surface area contributed by atoms with Crippen LogP contribution < -0.4 is 5.32 Å². The van der Waals surface area contributed by atoms with Gasteiger partial charge in [-0.2, -0.15) is 0 Å². The summed E-state index contributed by atoms with van der Waals surface area (Å²) in [5, 5.41) is 3.99. The Balaban J connectivity index is 1.43. The number of aryl methyl sites for hydroxylation is 2. The molecule has 1 N–H and O–H groups in total. The van der Waals surface area contributed by atoms with Gasteiger partial charge in [0.1, 0.15) is 5.82 Å². The van der Waals surface area contributed by atoms with Crippen LogP contribution in [0.1, 0.15) is 30.0 Å². The van der Waals surface area contributed by atoms with Crippen LogP contribution in [0.4, 0.5) is 5.82 Å². The Morgan fingerprint density at radius 2 is 1.96 bits per heavy atom. The van der Waals surface area contributed by atoms with Crippen molar-refractivity contribution in [3.63, 3.8) is 0 Å². The number of hydrogen-bond acceptors (Lipinski definition) is 4. The third-order valence-corrected chi connectivity index (χ3v) is 4.63. The highest BCUT2D eigenvalue weighted by atomic mass is 32.1. The number of para-hydroxylation sites is 1. The number of anilines is 1. The van der Waals surface area contributed by atoms with Crippen LogP contribution in [0.15, 0.2) is 42.5 Å². The number of unbranched alkanes of at least 4 members (excludes halogenated alkanes) is 1. The van der Waals surface area contributed by atoms with Crippen molar-refractivity contribution in [2.45, 2.75) is 32.6 Å². The largest absolute Gasteiger partial charge is 0.311 e. The number of fused-ring (bicyclic) bond motifs is 1. The van der Waals surface area contributed by atoms with Gasteiger partial charge in [-0.15, -0.1) is 11.3 Å². The number of benzene rings is 1. The van der Waals surface area contributed by atoms with E-state index in [-0.39, 0.29) is 5.91 Å². The third-order valence-electron chi connectivity index (χ3n) is 3.54. The number of carbonyl (C=O) groups excluding carboxylic acids is 1.